The number of halogens is 3. The Morgan fingerprint density at radius 3 is 2.64 bits per heavy atom. The van der Waals surface area contributed by atoms with E-state index in [9.17, 15) is 22.8 Å². The first kappa shape index (κ1) is 23.2. The Hall–Kier alpha value is -2.95. The molecule has 0 saturated carbocycles. The molecule has 2 aromatic rings. The summed E-state index contributed by atoms with van der Waals surface area (Å²) in [5.74, 6) is -2.50. The number of anilines is 1. The molecule has 0 N–H and O–H groups in total. The Labute approximate surface area is 188 Å². The van der Waals surface area contributed by atoms with Crippen molar-refractivity contribution in [1.29, 1.82) is 0 Å². The molecule has 176 valence electrons. The van der Waals surface area contributed by atoms with Gasteiger partial charge >= 0.3 is 12.0 Å². The maximum absolute atomic E-state index is 14.7. The second-order valence-corrected chi connectivity index (χ2v) is 8.08. The molecule has 2 heterocycles. The summed E-state index contributed by atoms with van der Waals surface area (Å²) in [6.45, 7) is -0.167. The van der Waals surface area contributed by atoms with Gasteiger partial charge in [-0.3, -0.25) is 14.3 Å². The number of morpholine rings is 1. The summed E-state index contributed by atoms with van der Waals surface area (Å²) < 4.78 is 58.4. The zero-order valence-corrected chi connectivity index (χ0v) is 17.9. The number of rotatable bonds is 4. The predicted octanol–water partition coefficient (Wildman–Crippen LogP) is 2.84. The van der Waals surface area contributed by atoms with Crippen LogP contribution >= 0.6 is 0 Å². The number of carbonyl (C=O) groups is 2. The summed E-state index contributed by atoms with van der Waals surface area (Å²) in [5, 5.41) is 0. The molecule has 1 spiro atoms. The molecule has 2 amide bonds. The Morgan fingerprint density at radius 2 is 1.91 bits per heavy atom. The van der Waals surface area contributed by atoms with Crippen LogP contribution in [-0.2, 0) is 25.6 Å². The lowest BCUT2D eigenvalue weighted by atomic mass is 9.99. The van der Waals surface area contributed by atoms with Gasteiger partial charge in [-0.05, 0) is 42.0 Å². The molecule has 33 heavy (non-hydrogen) atoms. The van der Waals surface area contributed by atoms with E-state index in [1.807, 2.05) is 6.07 Å². The van der Waals surface area contributed by atoms with Crippen LogP contribution in [0.25, 0.3) is 0 Å². The van der Waals surface area contributed by atoms with Gasteiger partial charge in [0, 0.05) is 24.9 Å². The number of benzene rings is 2. The van der Waals surface area contributed by atoms with Gasteiger partial charge in [-0.2, -0.15) is 8.78 Å². The van der Waals surface area contributed by atoms with E-state index in [1.165, 1.54) is 17.0 Å². The molecule has 0 bridgehead atoms. The van der Waals surface area contributed by atoms with Crippen molar-refractivity contribution < 1.29 is 37.0 Å². The summed E-state index contributed by atoms with van der Waals surface area (Å²) in [7, 11) is 1.54. The number of hydrogen-bond donors (Lipinski definition) is 0. The van der Waals surface area contributed by atoms with Crippen molar-refractivity contribution in [3.63, 3.8) is 0 Å². The Balaban J connectivity index is 1.63. The van der Waals surface area contributed by atoms with Crippen LogP contribution in [0.1, 0.15) is 15.9 Å². The van der Waals surface area contributed by atoms with Crippen molar-refractivity contribution >= 4 is 17.5 Å². The van der Waals surface area contributed by atoms with E-state index < -0.39 is 23.4 Å². The molecule has 2 saturated heterocycles. The SMILES string of the molecule is COCc1cccc(C(=O)N2CCOCC3(C2)CN(c2ccc(F)cc2)C(=O)C(F)(F)O3)c1. The van der Waals surface area contributed by atoms with Crippen LogP contribution in [0.15, 0.2) is 48.5 Å². The minimum atomic E-state index is -4.15. The molecular formula is C23H23F3N2O5. The zero-order valence-electron chi connectivity index (χ0n) is 17.9. The second kappa shape index (κ2) is 9.12. The maximum Gasteiger partial charge on any atom is 0.437 e. The average Bonchev–Trinajstić information content (AvgIpc) is 2.99. The van der Waals surface area contributed by atoms with Crippen LogP contribution in [-0.4, -0.2) is 68.4 Å². The summed E-state index contributed by atoms with van der Waals surface area (Å²) in [4.78, 5) is 27.8. The fourth-order valence-electron chi connectivity index (χ4n) is 4.07. The fraction of sp³-hybridized carbons (Fsp3) is 0.391. The number of alkyl halides is 2. The molecule has 1 unspecified atom stereocenters. The molecule has 2 fully saturated rings. The Kier molecular flexibility index (Phi) is 6.42. The van der Waals surface area contributed by atoms with Crippen LogP contribution in [0.5, 0.6) is 0 Å². The molecular weight excluding hydrogens is 441 g/mol. The zero-order chi connectivity index (χ0) is 23.6. The first-order valence-electron chi connectivity index (χ1n) is 10.3. The first-order valence-corrected chi connectivity index (χ1v) is 10.3. The van der Waals surface area contributed by atoms with E-state index in [1.54, 1.807) is 25.3 Å². The molecule has 2 aliphatic heterocycles. The molecule has 2 aliphatic rings. The lowest BCUT2D eigenvalue weighted by Crippen LogP contribution is -2.66. The van der Waals surface area contributed by atoms with Gasteiger partial charge in [-0.25, -0.2) is 4.39 Å². The van der Waals surface area contributed by atoms with Gasteiger partial charge in [0.2, 0.25) is 0 Å². The van der Waals surface area contributed by atoms with Crippen molar-refractivity contribution in [1.82, 2.24) is 4.90 Å². The average molecular weight is 464 g/mol. The standard InChI is InChI=1S/C23H23F3N2O5/c1-31-12-16-3-2-4-17(11-16)20(29)27-9-10-32-15-22(13-27)14-28(21(30)23(25,26)33-22)19-7-5-18(24)6-8-19/h2-8,11H,9-10,12-15H2,1H3. The van der Waals surface area contributed by atoms with E-state index in [2.05, 4.69) is 0 Å². The summed E-state index contributed by atoms with van der Waals surface area (Å²) >= 11 is 0. The quantitative estimate of drug-likeness (QED) is 0.696. The normalized spacial score (nSPS) is 23.0. The highest BCUT2D eigenvalue weighted by Gasteiger charge is 2.58. The minimum absolute atomic E-state index is 0.0955. The monoisotopic (exact) mass is 464 g/mol. The van der Waals surface area contributed by atoms with Crippen molar-refractivity contribution in [2.75, 3.05) is 44.9 Å². The van der Waals surface area contributed by atoms with Gasteiger partial charge in [0.25, 0.3) is 5.91 Å². The minimum Gasteiger partial charge on any atom is -0.380 e. The first-order chi connectivity index (χ1) is 15.7. The molecule has 7 nitrogen and oxygen atoms in total. The molecule has 4 rings (SSSR count). The lowest BCUT2D eigenvalue weighted by molar-refractivity contribution is -0.293. The second-order valence-electron chi connectivity index (χ2n) is 8.08. The molecule has 0 aromatic heterocycles. The van der Waals surface area contributed by atoms with Gasteiger partial charge in [0.05, 0.1) is 32.9 Å². The van der Waals surface area contributed by atoms with Gasteiger partial charge in [0.1, 0.15) is 11.4 Å². The number of amides is 2. The van der Waals surface area contributed by atoms with Crippen LogP contribution in [0.2, 0.25) is 0 Å². The van der Waals surface area contributed by atoms with Crippen LogP contribution in [0.4, 0.5) is 18.9 Å². The van der Waals surface area contributed by atoms with E-state index in [4.69, 9.17) is 14.2 Å². The smallest absolute Gasteiger partial charge is 0.380 e. The van der Waals surface area contributed by atoms with E-state index in [-0.39, 0.29) is 44.4 Å². The Bertz CT molecular complexity index is 1030. The summed E-state index contributed by atoms with van der Waals surface area (Å²) in [6, 6.07) is 11.5. The van der Waals surface area contributed by atoms with Crippen molar-refractivity contribution in [3.05, 3.63) is 65.5 Å². The van der Waals surface area contributed by atoms with Gasteiger partial charge in [-0.1, -0.05) is 12.1 Å². The van der Waals surface area contributed by atoms with Crippen molar-refractivity contribution in [2.45, 2.75) is 18.3 Å². The van der Waals surface area contributed by atoms with Crippen molar-refractivity contribution in [2.24, 2.45) is 0 Å². The van der Waals surface area contributed by atoms with E-state index in [0.29, 0.717) is 12.2 Å². The molecule has 1 atom stereocenters. The van der Waals surface area contributed by atoms with Crippen LogP contribution < -0.4 is 4.90 Å². The number of carbonyl (C=O) groups excluding carboxylic acids is 2. The van der Waals surface area contributed by atoms with Gasteiger partial charge < -0.3 is 19.3 Å². The number of hydrogen-bond acceptors (Lipinski definition) is 5. The third-order valence-corrected chi connectivity index (χ3v) is 5.55. The van der Waals surface area contributed by atoms with Gasteiger partial charge in [0.15, 0.2) is 0 Å². The third-order valence-electron chi connectivity index (χ3n) is 5.55. The third kappa shape index (κ3) is 4.87. The molecule has 0 radical (unpaired) electrons. The fourth-order valence-corrected chi connectivity index (χ4v) is 4.07. The summed E-state index contributed by atoms with van der Waals surface area (Å²) in [6.07, 6.45) is -4.15. The number of nitrogens with zero attached hydrogens (tertiary/aromatic N) is 2. The van der Waals surface area contributed by atoms with E-state index in [0.717, 1.165) is 22.6 Å². The van der Waals surface area contributed by atoms with Crippen LogP contribution in [0.3, 0.4) is 0 Å². The van der Waals surface area contributed by atoms with Gasteiger partial charge in [-0.15, -0.1) is 0 Å². The Morgan fingerprint density at radius 1 is 1.15 bits per heavy atom. The largest absolute Gasteiger partial charge is 0.437 e. The number of ether oxygens (including phenoxy) is 3. The number of methoxy groups -OCH3 is 1. The van der Waals surface area contributed by atoms with Crippen molar-refractivity contribution in [3.8, 4) is 0 Å². The highest BCUT2D eigenvalue weighted by molar-refractivity contribution is 5.98. The predicted molar refractivity (Wildman–Crippen MR) is 111 cm³/mol. The highest BCUT2D eigenvalue weighted by atomic mass is 19.3. The molecule has 2 aromatic carbocycles. The molecule has 10 heteroatoms. The van der Waals surface area contributed by atoms with Crippen LogP contribution in [0, 0.1) is 5.82 Å². The molecule has 0 aliphatic carbocycles. The lowest BCUT2D eigenvalue weighted by Gasteiger charge is -2.45. The highest BCUT2D eigenvalue weighted by Crippen LogP contribution is 2.37. The summed E-state index contributed by atoms with van der Waals surface area (Å²) in [5.41, 5.74) is -0.423. The maximum atomic E-state index is 14.7. The van der Waals surface area contributed by atoms with E-state index >= 15 is 0 Å². The topological polar surface area (TPSA) is 68.3 Å².